The van der Waals surface area contributed by atoms with Gasteiger partial charge in [-0.15, -0.1) is 0 Å². The first-order chi connectivity index (χ1) is 14.2. The van der Waals surface area contributed by atoms with E-state index in [4.69, 9.17) is 9.47 Å². The molecule has 2 aromatic carbocycles. The number of amides is 2. The van der Waals surface area contributed by atoms with Crippen LogP contribution in [-0.4, -0.2) is 31.6 Å². The molecule has 0 fully saturated rings. The summed E-state index contributed by atoms with van der Waals surface area (Å²) in [5, 5.41) is 4.60. The minimum absolute atomic E-state index is 0.113. The monoisotopic (exact) mass is 424 g/mol. The second kappa shape index (κ2) is 10.5. The average Bonchev–Trinajstić information content (AvgIpc) is 2.69. The quantitative estimate of drug-likeness (QED) is 0.632. The van der Waals surface area contributed by atoms with Crippen LogP contribution in [0, 0.1) is 0 Å². The van der Waals surface area contributed by atoms with Gasteiger partial charge in [0.25, 0.3) is 0 Å². The zero-order valence-electron chi connectivity index (χ0n) is 16.6. The summed E-state index contributed by atoms with van der Waals surface area (Å²) in [6, 6.07) is 9.45. The lowest BCUT2D eigenvalue weighted by Crippen LogP contribution is -2.36. The molecule has 9 heteroatoms. The summed E-state index contributed by atoms with van der Waals surface area (Å²) in [6.07, 6.45) is -4.11. The van der Waals surface area contributed by atoms with Gasteiger partial charge in [-0.2, -0.15) is 13.2 Å². The van der Waals surface area contributed by atoms with E-state index in [1.165, 1.54) is 6.07 Å². The third-order valence-corrected chi connectivity index (χ3v) is 3.96. The number of anilines is 1. The smallest absolute Gasteiger partial charge is 0.416 e. The first-order valence-electron chi connectivity index (χ1n) is 9.39. The molecular formula is C21H23F3N2O4. The van der Waals surface area contributed by atoms with Crippen LogP contribution in [0.25, 0.3) is 0 Å². The highest BCUT2D eigenvalue weighted by atomic mass is 19.4. The summed E-state index contributed by atoms with van der Waals surface area (Å²) in [4.78, 5) is 23.9. The van der Waals surface area contributed by atoms with Crippen molar-refractivity contribution in [2.75, 3.05) is 25.1 Å². The van der Waals surface area contributed by atoms with Crippen LogP contribution < -0.4 is 20.1 Å². The Morgan fingerprint density at radius 2 is 1.63 bits per heavy atom. The Bertz CT molecular complexity index is 885. The largest absolute Gasteiger partial charge is 0.490 e. The van der Waals surface area contributed by atoms with Crippen LogP contribution in [0.1, 0.15) is 25.0 Å². The van der Waals surface area contributed by atoms with Crippen LogP contribution in [0.3, 0.4) is 0 Å². The zero-order valence-corrected chi connectivity index (χ0v) is 16.6. The van der Waals surface area contributed by atoms with E-state index < -0.39 is 23.6 Å². The van der Waals surface area contributed by atoms with Gasteiger partial charge < -0.3 is 20.1 Å². The van der Waals surface area contributed by atoms with Crippen molar-refractivity contribution < 1.29 is 32.2 Å². The van der Waals surface area contributed by atoms with Crippen molar-refractivity contribution in [2.45, 2.75) is 26.4 Å². The topological polar surface area (TPSA) is 76.7 Å². The normalized spacial score (nSPS) is 11.0. The molecule has 2 aromatic rings. The average molecular weight is 424 g/mol. The molecule has 0 heterocycles. The minimum atomic E-state index is -4.54. The third-order valence-electron chi connectivity index (χ3n) is 3.96. The van der Waals surface area contributed by atoms with Gasteiger partial charge >= 0.3 is 18.0 Å². The summed E-state index contributed by atoms with van der Waals surface area (Å²) >= 11 is 0. The molecule has 0 aromatic heterocycles. The molecule has 0 spiro atoms. The fourth-order valence-electron chi connectivity index (χ4n) is 2.61. The molecule has 162 valence electrons. The van der Waals surface area contributed by atoms with Crippen molar-refractivity contribution in [2.24, 2.45) is 0 Å². The van der Waals surface area contributed by atoms with Crippen molar-refractivity contribution in [3.05, 3.63) is 53.6 Å². The number of nitrogens with one attached hydrogen (secondary N) is 2. The summed E-state index contributed by atoms with van der Waals surface area (Å²) in [6.45, 7) is 4.84. The van der Waals surface area contributed by atoms with E-state index in [0.29, 0.717) is 31.1 Å². The van der Waals surface area contributed by atoms with Gasteiger partial charge in [0, 0.05) is 12.2 Å². The summed E-state index contributed by atoms with van der Waals surface area (Å²) < 4.78 is 49.2. The SMILES string of the molecule is CCOc1ccc(CCNC(=O)C(=O)Nc2cccc(C(F)(F)F)c2)cc1OCC. The Morgan fingerprint density at radius 1 is 0.933 bits per heavy atom. The van der Waals surface area contributed by atoms with E-state index in [-0.39, 0.29) is 12.2 Å². The number of benzene rings is 2. The van der Waals surface area contributed by atoms with Crippen molar-refractivity contribution >= 4 is 17.5 Å². The molecule has 0 saturated heterocycles. The molecule has 0 radical (unpaired) electrons. The summed E-state index contributed by atoms with van der Waals surface area (Å²) in [7, 11) is 0. The van der Waals surface area contributed by atoms with Gasteiger partial charge in [-0.05, 0) is 56.2 Å². The third kappa shape index (κ3) is 6.68. The van der Waals surface area contributed by atoms with Gasteiger partial charge in [0.05, 0.1) is 18.8 Å². The lowest BCUT2D eigenvalue weighted by Gasteiger charge is -2.13. The highest BCUT2D eigenvalue weighted by Gasteiger charge is 2.30. The highest BCUT2D eigenvalue weighted by Crippen LogP contribution is 2.31. The molecule has 0 aliphatic carbocycles. The Kier molecular flexibility index (Phi) is 8.08. The van der Waals surface area contributed by atoms with Crippen molar-refractivity contribution in [3.8, 4) is 11.5 Å². The molecule has 0 saturated carbocycles. The number of rotatable bonds is 8. The Labute approximate surface area is 172 Å². The molecule has 2 N–H and O–H groups in total. The van der Waals surface area contributed by atoms with Crippen molar-refractivity contribution in [1.29, 1.82) is 0 Å². The van der Waals surface area contributed by atoms with Crippen LogP contribution >= 0.6 is 0 Å². The molecule has 0 bridgehead atoms. The first-order valence-corrected chi connectivity index (χ1v) is 9.39. The molecule has 2 amide bonds. The Morgan fingerprint density at radius 3 is 2.30 bits per heavy atom. The number of hydrogen-bond donors (Lipinski definition) is 2. The van der Waals surface area contributed by atoms with E-state index in [9.17, 15) is 22.8 Å². The van der Waals surface area contributed by atoms with Gasteiger partial charge in [-0.3, -0.25) is 9.59 Å². The van der Waals surface area contributed by atoms with Crippen molar-refractivity contribution in [3.63, 3.8) is 0 Å². The standard InChI is InChI=1S/C21H23F3N2O4/c1-3-29-17-9-8-14(12-18(17)30-4-2)10-11-25-19(27)20(28)26-16-7-5-6-15(13-16)21(22,23)24/h5-9,12-13H,3-4,10-11H2,1-2H3,(H,25,27)(H,26,28). The van der Waals surface area contributed by atoms with Crippen LogP contribution in [0.2, 0.25) is 0 Å². The van der Waals surface area contributed by atoms with E-state index in [0.717, 1.165) is 23.8 Å². The molecule has 0 unspecified atom stereocenters. The van der Waals surface area contributed by atoms with Gasteiger partial charge in [0.1, 0.15) is 0 Å². The molecule has 0 aliphatic heterocycles. The second-order valence-corrected chi connectivity index (χ2v) is 6.19. The number of carbonyl (C=O) groups is 2. The maximum absolute atomic E-state index is 12.7. The Balaban J connectivity index is 1.90. The predicted molar refractivity (Wildman–Crippen MR) is 106 cm³/mol. The van der Waals surface area contributed by atoms with E-state index in [1.807, 2.05) is 19.9 Å². The number of halogens is 3. The lowest BCUT2D eigenvalue weighted by molar-refractivity contribution is -0.137. The molecular weight excluding hydrogens is 401 g/mol. The number of hydrogen-bond acceptors (Lipinski definition) is 4. The highest BCUT2D eigenvalue weighted by molar-refractivity contribution is 6.39. The van der Waals surface area contributed by atoms with Crippen LogP contribution in [-0.2, 0) is 22.2 Å². The van der Waals surface area contributed by atoms with Gasteiger partial charge in [0.2, 0.25) is 0 Å². The molecule has 0 aliphatic rings. The van der Waals surface area contributed by atoms with E-state index in [1.54, 1.807) is 12.1 Å². The fourth-order valence-corrected chi connectivity index (χ4v) is 2.61. The Hall–Kier alpha value is -3.23. The molecule has 6 nitrogen and oxygen atoms in total. The van der Waals surface area contributed by atoms with Crippen LogP contribution in [0.4, 0.5) is 18.9 Å². The minimum Gasteiger partial charge on any atom is -0.490 e. The predicted octanol–water partition coefficient (Wildman–Crippen LogP) is 3.80. The maximum atomic E-state index is 12.7. The fraction of sp³-hybridized carbons (Fsp3) is 0.333. The molecule has 30 heavy (non-hydrogen) atoms. The van der Waals surface area contributed by atoms with E-state index in [2.05, 4.69) is 10.6 Å². The second-order valence-electron chi connectivity index (χ2n) is 6.19. The van der Waals surface area contributed by atoms with Gasteiger partial charge in [-0.25, -0.2) is 0 Å². The molecule has 2 rings (SSSR count). The van der Waals surface area contributed by atoms with Gasteiger partial charge in [0.15, 0.2) is 11.5 Å². The van der Waals surface area contributed by atoms with Crippen LogP contribution in [0.15, 0.2) is 42.5 Å². The lowest BCUT2D eigenvalue weighted by atomic mass is 10.1. The van der Waals surface area contributed by atoms with Crippen molar-refractivity contribution in [1.82, 2.24) is 5.32 Å². The number of ether oxygens (including phenoxy) is 2. The molecule has 0 atom stereocenters. The maximum Gasteiger partial charge on any atom is 0.416 e. The zero-order chi connectivity index (χ0) is 22.1. The van der Waals surface area contributed by atoms with Gasteiger partial charge in [-0.1, -0.05) is 12.1 Å². The summed E-state index contributed by atoms with van der Waals surface area (Å²) in [5.41, 5.74) is -0.167. The number of carbonyl (C=O) groups excluding carboxylic acids is 2. The van der Waals surface area contributed by atoms with E-state index >= 15 is 0 Å². The number of alkyl halides is 3. The summed E-state index contributed by atoms with van der Waals surface area (Å²) in [5.74, 6) is -0.780. The van der Waals surface area contributed by atoms with Crippen LogP contribution in [0.5, 0.6) is 11.5 Å². The first kappa shape index (κ1) is 23.1.